The van der Waals surface area contributed by atoms with Crippen LogP contribution < -0.4 is 9.62 Å². The summed E-state index contributed by atoms with van der Waals surface area (Å²) in [6, 6.07) is 7.51. The molecule has 7 nitrogen and oxygen atoms in total. The second-order valence-corrected chi connectivity index (χ2v) is 11.6. The van der Waals surface area contributed by atoms with Crippen molar-refractivity contribution in [2.75, 3.05) is 37.6 Å². The minimum Gasteiger partial charge on any atom is -0.371 e. The number of aromatic nitrogens is 1. The van der Waals surface area contributed by atoms with Crippen molar-refractivity contribution in [3.63, 3.8) is 0 Å². The molecule has 2 aliphatic rings. The van der Waals surface area contributed by atoms with Gasteiger partial charge in [0.15, 0.2) is 0 Å². The maximum atomic E-state index is 13.0. The molecule has 0 spiro atoms. The van der Waals surface area contributed by atoms with Crippen molar-refractivity contribution in [2.45, 2.75) is 19.3 Å². The van der Waals surface area contributed by atoms with E-state index in [1.165, 1.54) is 16.7 Å². The molecule has 32 heavy (non-hydrogen) atoms. The Balaban J connectivity index is 1.22. The quantitative estimate of drug-likeness (QED) is 0.637. The summed E-state index contributed by atoms with van der Waals surface area (Å²) in [5.41, 5.74) is 1.15. The van der Waals surface area contributed by atoms with Gasteiger partial charge >= 0.3 is 0 Å². The van der Waals surface area contributed by atoms with Gasteiger partial charge in [0.1, 0.15) is 0 Å². The van der Waals surface area contributed by atoms with Gasteiger partial charge in [-0.3, -0.25) is 9.78 Å². The van der Waals surface area contributed by atoms with Crippen LogP contribution >= 0.6 is 22.9 Å². The van der Waals surface area contributed by atoms with E-state index in [-0.39, 0.29) is 17.7 Å². The van der Waals surface area contributed by atoms with E-state index in [2.05, 4.69) is 14.6 Å². The average molecular weight is 495 g/mol. The number of hydrogen-bond donors (Lipinski definition) is 1. The summed E-state index contributed by atoms with van der Waals surface area (Å²) in [6.07, 6.45) is 7.62. The van der Waals surface area contributed by atoms with Crippen molar-refractivity contribution >= 4 is 50.6 Å². The number of anilines is 1. The lowest BCUT2D eigenvalue weighted by Gasteiger charge is -2.34. The van der Waals surface area contributed by atoms with Crippen molar-refractivity contribution in [2.24, 2.45) is 11.8 Å². The maximum Gasteiger partial charge on any atom is 0.233 e. The zero-order valence-corrected chi connectivity index (χ0v) is 20.1. The number of carbonyl (C=O) groups is 1. The molecule has 10 heteroatoms. The molecule has 2 aromatic rings. The maximum absolute atomic E-state index is 13.0. The number of thiophene rings is 1. The second-order valence-electron chi connectivity index (χ2n) is 8.24. The van der Waals surface area contributed by atoms with Gasteiger partial charge in [0.25, 0.3) is 0 Å². The number of amides is 1. The zero-order chi connectivity index (χ0) is 22.6. The number of sulfonamides is 1. The second kappa shape index (κ2) is 10.3. The molecule has 0 unspecified atom stereocenters. The summed E-state index contributed by atoms with van der Waals surface area (Å²) in [5.74, 6) is 0.388. The lowest BCUT2D eigenvalue weighted by Crippen LogP contribution is -2.42. The molecule has 1 amide bonds. The standard InChI is InChI=1S/C22H27ClN4O3S2/c23-21-2-1-20(31-21)8-14-32(29,30)25-15-17-5-11-27(16-17)22(28)18-6-12-26(13-7-18)19-3-9-24-10-4-19/h1-4,8-10,14,17-18,25H,5-7,11-13,15-16H2/t17-/m0/s1. The molecule has 0 aromatic carbocycles. The number of halogens is 1. The number of likely N-dealkylation sites (tertiary alicyclic amines) is 1. The van der Waals surface area contributed by atoms with Crippen molar-refractivity contribution in [3.05, 3.63) is 51.3 Å². The molecule has 172 valence electrons. The molecule has 0 saturated carbocycles. The van der Waals surface area contributed by atoms with Crippen LogP contribution in [-0.4, -0.2) is 56.9 Å². The van der Waals surface area contributed by atoms with Crippen LogP contribution in [0, 0.1) is 11.8 Å². The van der Waals surface area contributed by atoms with Crippen LogP contribution in [-0.2, 0) is 14.8 Å². The van der Waals surface area contributed by atoms with E-state index in [0.29, 0.717) is 24.0 Å². The SMILES string of the molecule is O=C(C1CCN(c2ccncc2)CC1)N1CC[C@@H](CNS(=O)(=O)C=Cc2ccc(Cl)s2)C1. The van der Waals surface area contributed by atoms with Crippen molar-refractivity contribution < 1.29 is 13.2 Å². The number of hydrogen-bond acceptors (Lipinski definition) is 6. The Morgan fingerprint density at radius 1 is 1.16 bits per heavy atom. The molecule has 2 aromatic heterocycles. The van der Waals surface area contributed by atoms with Crippen molar-refractivity contribution in [1.82, 2.24) is 14.6 Å². The minimum atomic E-state index is -3.53. The molecule has 2 saturated heterocycles. The average Bonchev–Trinajstić information content (AvgIpc) is 3.46. The van der Waals surface area contributed by atoms with Gasteiger partial charge in [-0.25, -0.2) is 13.1 Å². The van der Waals surface area contributed by atoms with E-state index < -0.39 is 10.0 Å². The Bertz CT molecular complexity index is 1050. The monoisotopic (exact) mass is 494 g/mol. The third kappa shape index (κ3) is 6.10. The third-order valence-corrected chi connectivity index (χ3v) is 8.31. The topological polar surface area (TPSA) is 82.6 Å². The van der Waals surface area contributed by atoms with E-state index in [1.807, 2.05) is 17.0 Å². The molecule has 2 fully saturated rings. The van der Waals surface area contributed by atoms with E-state index in [9.17, 15) is 13.2 Å². The first-order valence-corrected chi connectivity index (χ1v) is 13.5. The van der Waals surface area contributed by atoms with Crippen LogP contribution in [0.5, 0.6) is 0 Å². The van der Waals surface area contributed by atoms with Gasteiger partial charge in [0, 0.05) is 67.0 Å². The number of rotatable bonds is 7. The molecule has 2 aliphatic heterocycles. The van der Waals surface area contributed by atoms with Gasteiger partial charge in [-0.15, -0.1) is 11.3 Å². The van der Waals surface area contributed by atoms with Gasteiger partial charge in [0.05, 0.1) is 4.34 Å². The lowest BCUT2D eigenvalue weighted by molar-refractivity contribution is -0.135. The van der Waals surface area contributed by atoms with E-state index in [1.54, 1.807) is 30.6 Å². The highest BCUT2D eigenvalue weighted by atomic mass is 35.5. The Kier molecular flexibility index (Phi) is 7.50. The largest absolute Gasteiger partial charge is 0.371 e. The number of nitrogens with one attached hydrogen (secondary N) is 1. The first-order chi connectivity index (χ1) is 15.4. The fraction of sp³-hybridized carbons (Fsp3) is 0.455. The van der Waals surface area contributed by atoms with Crippen LogP contribution in [0.4, 0.5) is 5.69 Å². The summed E-state index contributed by atoms with van der Waals surface area (Å²) in [7, 11) is -3.53. The molecular weight excluding hydrogens is 468 g/mol. The molecule has 0 bridgehead atoms. The van der Waals surface area contributed by atoms with Gasteiger partial charge in [0.2, 0.25) is 15.9 Å². The minimum absolute atomic E-state index is 0.0454. The molecule has 1 N–H and O–H groups in total. The number of pyridine rings is 1. The fourth-order valence-corrected chi connectivity index (χ4v) is 6.19. The molecule has 4 rings (SSSR count). The number of carbonyl (C=O) groups excluding carboxylic acids is 1. The predicted octanol–water partition coefficient (Wildman–Crippen LogP) is 3.45. The molecule has 0 radical (unpaired) electrons. The Labute approximate surface area is 198 Å². The normalized spacial score (nSPS) is 20.3. The summed E-state index contributed by atoms with van der Waals surface area (Å²) >= 11 is 7.19. The van der Waals surface area contributed by atoms with Crippen LogP contribution in [0.1, 0.15) is 24.1 Å². The van der Waals surface area contributed by atoms with Gasteiger partial charge < -0.3 is 9.80 Å². The summed E-state index contributed by atoms with van der Waals surface area (Å²) in [5, 5.41) is 1.17. The summed E-state index contributed by atoms with van der Waals surface area (Å²) < 4.78 is 27.8. The lowest BCUT2D eigenvalue weighted by atomic mass is 9.95. The summed E-state index contributed by atoms with van der Waals surface area (Å²) in [4.78, 5) is 22.0. The number of nitrogens with zero attached hydrogens (tertiary/aromatic N) is 3. The highest BCUT2D eigenvalue weighted by Crippen LogP contribution is 2.27. The zero-order valence-electron chi connectivity index (χ0n) is 17.7. The van der Waals surface area contributed by atoms with Crippen LogP contribution in [0.2, 0.25) is 4.34 Å². The first-order valence-electron chi connectivity index (χ1n) is 10.8. The Hall–Kier alpha value is -1.94. The van der Waals surface area contributed by atoms with Crippen LogP contribution in [0.15, 0.2) is 42.1 Å². The van der Waals surface area contributed by atoms with Crippen LogP contribution in [0.3, 0.4) is 0 Å². The fourth-order valence-electron chi connectivity index (χ4n) is 4.25. The van der Waals surface area contributed by atoms with Gasteiger partial charge in [-0.1, -0.05) is 11.6 Å². The van der Waals surface area contributed by atoms with Crippen LogP contribution in [0.25, 0.3) is 6.08 Å². The van der Waals surface area contributed by atoms with Crippen molar-refractivity contribution in [3.8, 4) is 0 Å². The molecule has 1 atom stereocenters. The van der Waals surface area contributed by atoms with Gasteiger partial charge in [-0.05, 0) is 55.5 Å². The highest BCUT2D eigenvalue weighted by molar-refractivity contribution is 7.92. The molecular formula is C22H27ClN4O3S2. The number of piperidine rings is 1. The smallest absolute Gasteiger partial charge is 0.233 e. The summed E-state index contributed by atoms with van der Waals surface area (Å²) in [6.45, 7) is 3.36. The van der Waals surface area contributed by atoms with Gasteiger partial charge in [-0.2, -0.15) is 0 Å². The first kappa shape index (κ1) is 23.2. The van der Waals surface area contributed by atoms with E-state index in [4.69, 9.17) is 11.6 Å². The van der Waals surface area contributed by atoms with Crippen molar-refractivity contribution in [1.29, 1.82) is 0 Å². The van der Waals surface area contributed by atoms with E-state index >= 15 is 0 Å². The van der Waals surface area contributed by atoms with E-state index in [0.717, 1.165) is 42.9 Å². The molecule has 4 heterocycles. The Morgan fingerprint density at radius 3 is 2.59 bits per heavy atom. The molecule has 0 aliphatic carbocycles. The Morgan fingerprint density at radius 2 is 1.91 bits per heavy atom. The third-order valence-electron chi connectivity index (χ3n) is 6.05. The predicted molar refractivity (Wildman–Crippen MR) is 129 cm³/mol. The highest BCUT2D eigenvalue weighted by Gasteiger charge is 2.33.